The lowest BCUT2D eigenvalue weighted by molar-refractivity contribution is 0.307. The van der Waals surface area contributed by atoms with Gasteiger partial charge in [0.25, 0.3) is 0 Å². The molecular formula is C17H18FN5. The summed E-state index contributed by atoms with van der Waals surface area (Å²) >= 11 is 0. The summed E-state index contributed by atoms with van der Waals surface area (Å²) in [5.74, 6) is 1.83. The molecule has 3 aromatic rings. The minimum absolute atomic E-state index is 0.184. The van der Waals surface area contributed by atoms with Gasteiger partial charge in [-0.05, 0) is 18.8 Å². The van der Waals surface area contributed by atoms with Crippen molar-refractivity contribution in [3.63, 3.8) is 0 Å². The summed E-state index contributed by atoms with van der Waals surface area (Å²) in [7, 11) is 0. The predicted octanol–water partition coefficient (Wildman–Crippen LogP) is 2.98. The number of hydrogen-bond donors (Lipinski definition) is 0. The molecule has 1 aliphatic heterocycles. The molecule has 0 saturated carbocycles. The van der Waals surface area contributed by atoms with Crippen LogP contribution in [-0.4, -0.2) is 39.3 Å². The number of piperidine rings is 1. The van der Waals surface area contributed by atoms with Gasteiger partial charge in [0, 0.05) is 31.0 Å². The van der Waals surface area contributed by atoms with Crippen LogP contribution in [-0.2, 0) is 0 Å². The number of fused-ring (bicyclic) bond motifs is 1. The maximum absolute atomic E-state index is 12.8. The zero-order valence-electron chi connectivity index (χ0n) is 12.8. The number of aromatic nitrogens is 4. The molecule has 2 aromatic heterocycles. The number of halogens is 1. The lowest BCUT2D eigenvalue weighted by Crippen LogP contribution is -2.35. The quantitative estimate of drug-likeness (QED) is 0.746. The van der Waals surface area contributed by atoms with Gasteiger partial charge in [0.05, 0.1) is 6.67 Å². The van der Waals surface area contributed by atoms with Crippen molar-refractivity contribution in [2.24, 2.45) is 5.92 Å². The Balaban J connectivity index is 1.71. The van der Waals surface area contributed by atoms with E-state index in [1.807, 2.05) is 40.9 Å². The Labute approximate surface area is 133 Å². The number of anilines is 1. The van der Waals surface area contributed by atoms with Crippen LogP contribution in [0.15, 0.2) is 42.7 Å². The van der Waals surface area contributed by atoms with Gasteiger partial charge in [-0.2, -0.15) is 0 Å². The van der Waals surface area contributed by atoms with Crippen LogP contribution in [0.1, 0.15) is 12.8 Å². The average molecular weight is 311 g/mol. The summed E-state index contributed by atoms with van der Waals surface area (Å²) in [6, 6.07) is 9.99. The topological polar surface area (TPSA) is 46.3 Å². The van der Waals surface area contributed by atoms with Gasteiger partial charge in [-0.15, -0.1) is 10.2 Å². The van der Waals surface area contributed by atoms with Gasteiger partial charge in [-0.1, -0.05) is 30.3 Å². The van der Waals surface area contributed by atoms with E-state index in [4.69, 9.17) is 0 Å². The van der Waals surface area contributed by atoms with Crippen LogP contribution in [0.4, 0.5) is 10.2 Å². The highest BCUT2D eigenvalue weighted by Gasteiger charge is 2.23. The molecule has 4 rings (SSSR count). The first-order valence-electron chi connectivity index (χ1n) is 7.93. The van der Waals surface area contributed by atoms with Gasteiger partial charge >= 0.3 is 0 Å². The Kier molecular flexibility index (Phi) is 3.65. The van der Waals surface area contributed by atoms with Crippen molar-refractivity contribution >= 4 is 11.5 Å². The van der Waals surface area contributed by atoms with Gasteiger partial charge in [0.1, 0.15) is 0 Å². The minimum Gasteiger partial charge on any atom is -0.353 e. The number of rotatable bonds is 3. The van der Waals surface area contributed by atoms with Crippen LogP contribution in [0.5, 0.6) is 0 Å². The lowest BCUT2D eigenvalue weighted by atomic mass is 9.98. The summed E-state index contributed by atoms with van der Waals surface area (Å²) in [5.41, 5.74) is 1.78. The molecule has 1 aliphatic rings. The third-order valence-corrected chi connectivity index (χ3v) is 4.47. The molecule has 0 bridgehead atoms. The van der Waals surface area contributed by atoms with Crippen LogP contribution in [0, 0.1) is 5.92 Å². The van der Waals surface area contributed by atoms with Crippen LogP contribution < -0.4 is 4.90 Å². The maximum Gasteiger partial charge on any atom is 0.204 e. The van der Waals surface area contributed by atoms with Crippen LogP contribution in [0.25, 0.3) is 17.0 Å². The van der Waals surface area contributed by atoms with E-state index >= 15 is 0 Å². The molecule has 0 unspecified atom stereocenters. The van der Waals surface area contributed by atoms with E-state index in [0.29, 0.717) is 0 Å². The lowest BCUT2D eigenvalue weighted by Gasteiger charge is -2.31. The fourth-order valence-electron chi connectivity index (χ4n) is 3.12. The first-order chi connectivity index (χ1) is 11.4. The van der Waals surface area contributed by atoms with Crippen LogP contribution in [0.3, 0.4) is 0 Å². The third kappa shape index (κ3) is 2.54. The normalized spacial score (nSPS) is 16.1. The maximum atomic E-state index is 12.8. The second-order valence-corrected chi connectivity index (χ2v) is 5.92. The molecule has 1 saturated heterocycles. The smallest absolute Gasteiger partial charge is 0.204 e. The Morgan fingerprint density at radius 3 is 2.61 bits per heavy atom. The summed E-state index contributed by atoms with van der Waals surface area (Å²) in [6.07, 6.45) is 5.38. The van der Waals surface area contributed by atoms with Crippen molar-refractivity contribution in [2.45, 2.75) is 12.8 Å². The molecule has 0 amide bonds. The number of hydrogen-bond acceptors (Lipinski definition) is 4. The van der Waals surface area contributed by atoms with Gasteiger partial charge in [0.2, 0.25) is 5.65 Å². The largest absolute Gasteiger partial charge is 0.353 e. The first kappa shape index (κ1) is 14.1. The first-order valence-corrected chi connectivity index (χ1v) is 7.93. The molecule has 0 N–H and O–H groups in total. The van der Waals surface area contributed by atoms with Gasteiger partial charge in [-0.3, -0.25) is 8.79 Å². The standard InChI is InChI=1S/C17H18FN5/c18-12-13-6-9-22(10-7-13)16-17-21-20-15(23(17)11-8-19-16)14-4-2-1-3-5-14/h1-5,8,11,13H,6-7,9-10,12H2. The molecule has 1 aromatic carbocycles. The molecule has 6 heteroatoms. The highest BCUT2D eigenvalue weighted by Crippen LogP contribution is 2.26. The van der Waals surface area contributed by atoms with Crippen molar-refractivity contribution in [3.8, 4) is 11.4 Å². The zero-order valence-corrected chi connectivity index (χ0v) is 12.8. The minimum atomic E-state index is -0.228. The van der Waals surface area contributed by atoms with E-state index in [0.717, 1.165) is 48.8 Å². The van der Waals surface area contributed by atoms with E-state index in [9.17, 15) is 4.39 Å². The van der Waals surface area contributed by atoms with Gasteiger partial charge in [-0.25, -0.2) is 4.98 Å². The Bertz CT molecular complexity index is 793. The molecule has 0 atom stereocenters. The molecule has 0 aliphatic carbocycles. The van der Waals surface area contributed by atoms with E-state index in [-0.39, 0.29) is 12.6 Å². The zero-order chi connectivity index (χ0) is 15.6. The van der Waals surface area contributed by atoms with Crippen molar-refractivity contribution in [1.82, 2.24) is 19.6 Å². The Morgan fingerprint density at radius 1 is 1.09 bits per heavy atom. The van der Waals surface area contributed by atoms with E-state index in [1.165, 1.54) is 0 Å². The number of nitrogens with zero attached hydrogens (tertiary/aromatic N) is 5. The third-order valence-electron chi connectivity index (χ3n) is 4.47. The van der Waals surface area contributed by atoms with E-state index in [2.05, 4.69) is 20.1 Å². The molecule has 0 spiro atoms. The molecular weight excluding hydrogens is 293 g/mol. The van der Waals surface area contributed by atoms with E-state index in [1.54, 1.807) is 6.20 Å². The highest BCUT2D eigenvalue weighted by atomic mass is 19.1. The van der Waals surface area contributed by atoms with Crippen molar-refractivity contribution < 1.29 is 4.39 Å². The summed E-state index contributed by atoms with van der Waals surface area (Å²) in [4.78, 5) is 6.68. The fraction of sp³-hybridized carbons (Fsp3) is 0.353. The SMILES string of the molecule is FCC1CCN(c2nccn3c(-c4ccccc4)nnc23)CC1. The Hall–Kier alpha value is -2.50. The fourth-order valence-corrected chi connectivity index (χ4v) is 3.12. The monoisotopic (exact) mass is 311 g/mol. The van der Waals surface area contributed by atoms with Crippen LogP contribution in [0.2, 0.25) is 0 Å². The van der Waals surface area contributed by atoms with Crippen molar-refractivity contribution in [2.75, 3.05) is 24.7 Å². The predicted molar refractivity (Wildman–Crippen MR) is 87.1 cm³/mol. The van der Waals surface area contributed by atoms with E-state index < -0.39 is 0 Å². The highest BCUT2D eigenvalue weighted by molar-refractivity contribution is 5.68. The van der Waals surface area contributed by atoms with Gasteiger partial charge < -0.3 is 4.90 Å². The molecule has 0 radical (unpaired) electrons. The molecule has 1 fully saturated rings. The summed E-state index contributed by atoms with van der Waals surface area (Å²) in [5, 5.41) is 8.68. The van der Waals surface area contributed by atoms with Crippen molar-refractivity contribution in [3.05, 3.63) is 42.7 Å². The van der Waals surface area contributed by atoms with Crippen LogP contribution >= 0.6 is 0 Å². The van der Waals surface area contributed by atoms with Crippen molar-refractivity contribution in [1.29, 1.82) is 0 Å². The number of alkyl halides is 1. The second-order valence-electron chi connectivity index (χ2n) is 5.92. The summed E-state index contributed by atoms with van der Waals surface area (Å²) < 4.78 is 14.8. The Morgan fingerprint density at radius 2 is 1.87 bits per heavy atom. The molecule has 118 valence electrons. The number of benzene rings is 1. The second kappa shape index (κ2) is 5.95. The average Bonchev–Trinajstić information content (AvgIpc) is 3.07. The molecule has 23 heavy (non-hydrogen) atoms. The van der Waals surface area contributed by atoms with Gasteiger partial charge in [0.15, 0.2) is 11.6 Å². The summed E-state index contributed by atoms with van der Waals surface area (Å²) in [6.45, 7) is 1.40. The molecule has 3 heterocycles. The molecule has 5 nitrogen and oxygen atoms in total.